The molecule has 1 N–H and O–H groups in total. The monoisotopic (exact) mass is 481 g/mol. The van der Waals surface area contributed by atoms with Crippen molar-refractivity contribution in [2.24, 2.45) is 0 Å². The number of anilines is 1. The molecule has 0 unspecified atom stereocenters. The van der Waals surface area contributed by atoms with Crippen LogP contribution < -0.4 is 14.4 Å². The smallest absolute Gasteiger partial charge is 0.241 e. The van der Waals surface area contributed by atoms with Gasteiger partial charge < -0.3 is 14.8 Å². The maximum Gasteiger partial charge on any atom is 0.241 e. The molecule has 0 atom stereocenters. The van der Waals surface area contributed by atoms with Crippen molar-refractivity contribution in [2.75, 3.05) is 50.5 Å². The molecule has 10 heteroatoms. The van der Waals surface area contributed by atoms with E-state index in [9.17, 15) is 13.2 Å². The summed E-state index contributed by atoms with van der Waals surface area (Å²) in [7, 11) is -2.22. The number of rotatable bonds is 9. The Balaban J connectivity index is 1.57. The van der Waals surface area contributed by atoms with Crippen molar-refractivity contribution in [3.05, 3.63) is 58.6 Å². The van der Waals surface area contributed by atoms with E-state index < -0.39 is 15.9 Å². The second-order valence-electron chi connectivity index (χ2n) is 7.57. The third-order valence-electron chi connectivity index (χ3n) is 5.13. The summed E-state index contributed by atoms with van der Waals surface area (Å²) in [6.45, 7) is 4.19. The molecule has 1 saturated heterocycles. The van der Waals surface area contributed by atoms with E-state index in [0.29, 0.717) is 18.0 Å². The largest absolute Gasteiger partial charge is 0.495 e. The lowest BCUT2D eigenvalue weighted by Gasteiger charge is -2.26. The number of amides is 1. The summed E-state index contributed by atoms with van der Waals surface area (Å²) in [5, 5.41) is 3.04. The standard InChI is InChI=1S/C22H28ClN3O5S/c1-30-21-8-7-19(13-20(21)23)26(32(2,28)29)16-22(27)24-14-17-3-5-18(6-4-17)15-25-9-11-31-12-10-25/h3-8,13H,9-12,14-16H2,1-2H3,(H,24,27). The Morgan fingerprint density at radius 3 is 2.41 bits per heavy atom. The van der Waals surface area contributed by atoms with E-state index >= 15 is 0 Å². The number of ether oxygens (including phenoxy) is 2. The van der Waals surface area contributed by atoms with Gasteiger partial charge >= 0.3 is 0 Å². The summed E-state index contributed by atoms with van der Waals surface area (Å²) in [4.78, 5) is 14.8. The summed E-state index contributed by atoms with van der Waals surface area (Å²) >= 11 is 6.12. The molecule has 2 aromatic carbocycles. The molecule has 0 aromatic heterocycles. The van der Waals surface area contributed by atoms with Gasteiger partial charge in [0.15, 0.2) is 0 Å². The fraction of sp³-hybridized carbons (Fsp3) is 0.409. The molecule has 1 heterocycles. The maximum atomic E-state index is 12.5. The van der Waals surface area contributed by atoms with Crippen LogP contribution in [0.4, 0.5) is 5.69 Å². The zero-order valence-corrected chi connectivity index (χ0v) is 19.8. The molecule has 0 spiro atoms. The Morgan fingerprint density at radius 1 is 1.16 bits per heavy atom. The van der Waals surface area contributed by atoms with Gasteiger partial charge in [0.05, 0.1) is 37.3 Å². The zero-order chi connectivity index (χ0) is 23.1. The Hall–Kier alpha value is -2.33. The van der Waals surface area contributed by atoms with Gasteiger partial charge in [0, 0.05) is 26.2 Å². The first-order valence-corrected chi connectivity index (χ1v) is 12.4. The number of halogens is 1. The molecule has 0 radical (unpaired) electrons. The summed E-state index contributed by atoms with van der Waals surface area (Å²) in [5.74, 6) is 0.00476. The molecular formula is C22H28ClN3O5S. The van der Waals surface area contributed by atoms with Crippen molar-refractivity contribution in [3.63, 3.8) is 0 Å². The third-order valence-corrected chi connectivity index (χ3v) is 6.57. The van der Waals surface area contributed by atoms with Crippen LogP contribution in [-0.4, -0.2) is 65.4 Å². The average Bonchev–Trinajstić information content (AvgIpc) is 2.77. The predicted octanol–water partition coefficient (Wildman–Crippen LogP) is 2.26. The van der Waals surface area contributed by atoms with Crippen LogP contribution in [0.3, 0.4) is 0 Å². The number of hydrogen-bond acceptors (Lipinski definition) is 6. The van der Waals surface area contributed by atoms with Crippen LogP contribution >= 0.6 is 11.6 Å². The van der Waals surface area contributed by atoms with E-state index in [1.165, 1.54) is 18.7 Å². The first-order valence-electron chi connectivity index (χ1n) is 10.2. The Labute approximate surface area is 194 Å². The molecule has 0 saturated carbocycles. The Bertz CT molecular complexity index is 1020. The van der Waals surface area contributed by atoms with Crippen LogP contribution in [0.5, 0.6) is 5.75 Å². The van der Waals surface area contributed by atoms with Gasteiger partial charge in [-0.2, -0.15) is 0 Å². The molecule has 1 aliphatic heterocycles. The molecule has 1 amide bonds. The highest BCUT2D eigenvalue weighted by molar-refractivity contribution is 7.92. The number of nitrogens with zero attached hydrogens (tertiary/aromatic N) is 2. The predicted molar refractivity (Wildman–Crippen MR) is 125 cm³/mol. The van der Waals surface area contributed by atoms with E-state index in [1.807, 2.05) is 24.3 Å². The minimum absolute atomic E-state index is 0.260. The van der Waals surface area contributed by atoms with Crippen molar-refractivity contribution in [1.82, 2.24) is 10.2 Å². The number of carbonyl (C=O) groups excluding carboxylic acids is 1. The van der Waals surface area contributed by atoms with Crippen LogP contribution in [0.1, 0.15) is 11.1 Å². The normalized spacial score (nSPS) is 14.7. The second-order valence-corrected chi connectivity index (χ2v) is 9.88. The van der Waals surface area contributed by atoms with Crippen LogP contribution in [0.2, 0.25) is 5.02 Å². The first-order chi connectivity index (χ1) is 15.3. The maximum absolute atomic E-state index is 12.5. The van der Waals surface area contributed by atoms with Crippen molar-refractivity contribution in [3.8, 4) is 5.75 Å². The van der Waals surface area contributed by atoms with Gasteiger partial charge in [-0.05, 0) is 29.3 Å². The fourth-order valence-electron chi connectivity index (χ4n) is 3.38. The molecule has 1 fully saturated rings. The third kappa shape index (κ3) is 6.83. The number of morpholine rings is 1. The lowest BCUT2D eigenvalue weighted by Crippen LogP contribution is -2.40. The average molecular weight is 482 g/mol. The van der Waals surface area contributed by atoms with Gasteiger partial charge in [-0.15, -0.1) is 0 Å². The van der Waals surface area contributed by atoms with Gasteiger partial charge in [0.1, 0.15) is 12.3 Å². The number of methoxy groups -OCH3 is 1. The lowest BCUT2D eigenvalue weighted by molar-refractivity contribution is -0.119. The highest BCUT2D eigenvalue weighted by atomic mass is 35.5. The molecule has 8 nitrogen and oxygen atoms in total. The number of benzene rings is 2. The summed E-state index contributed by atoms with van der Waals surface area (Å²) in [5.41, 5.74) is 2.42. The summed E-state index contributed by atoms with van der Waals surface area (Å²) in [6.07, 6.45) is 1.05. The van der Waals surface area contributed by atoms with Gasteiger partial charge in [0.25, 0.3) is 0 Å². The van der Waals surface area contributed by atoms with E-state index in [0.717, 1.165) is 49.0 Å². The quantitative estimate of drug-likeness (QED) is 0.591. The molecule has 32 heavy (non-hydrogen) atoms. The molecule has 2 aromatic rings. The van der Waals surface area contributed by atoms with Gasteiger partial charge in [0.2, 0.25) is 15.9 Å². The van der Waals surface area contributed by atoms with Crippen LogP contribution in [0, 0.1) is 0 Å². The highest BCUT2D eigenvalue weighted by Crippen LogP contribution is 2.30. The van der Waals surface area contributed by atoms with Gasteiger partial charge in [-0.1, -0.05) is 35.9 Å². The topological polar surface area (TPSA) is 88.2 Å². The number of sulfonamides is 1. The van der Waals surface area contributed by atoms with Crippen molar-refractivity contribution < 1.29 is 22.7 Å². The van der Waals surface area contributed by atoms with Gasteiger partial charge in [-0.3, -0.25) is 14.0 Å². The molecule has 0 bridgehead atoms. The van der Waals surface area contributed by atoms with Crippen LogP contribution in [-0.2, 0) is 32.6 Å². The van der Waals surface area contributed by atoms with Crippen LogP contribution in [0.15, 0.2) is 42.5 Å². The Morgan fingerprint density at radius 2 is 1.81 bits per heavy atom. The minimum atomic E-state index is -3.69. The molecule has 174 valence electrons. The van der Waals surface area contributed by atoms with Crippen LogP contribution in [0.25, 0.3) is 0 Å². The number of carbonyl (C=O) groups is 1. The van der Waals surface area contributed by atoms with Gasteiger partial charge in [-0.25, -0.2) is 8.42 Å². The zero-order valence-electron chi connectivity index (χ0n) is 18.2. The van der Waals surface area contributed by atoms with Crippen molar-refractivity contribution in [2.45, 2.75) is 13.1 Å². The fourth-order valence-corrected chi connectivity index (χ4v) is 4.48. The Kier molecular flexibility index (Phi) is 8.36. The first kappa shape index (κ1) is 24.3. The molecule has 3 rings (SSSR count). The number of hydrogen-bond donors (Lipinski definition) is 1. The van der Waals surface area contributed by atoms with E-state index in [-0.39, 0.29) is 11.6 Å². The number of nitrogens with one attached hydrogen (secondary N) is 1. The molecule has 0 aliphatic carbocycles. The lowest BCUT2D eigenvalue weighted by atomic mass is 10.1. The highest BCUT2D eigenvalue weighted by Gasteiger charge is 2.22. The minimum Gasteiger partial charge on any atom is -0.495 e. The second kappa shape index (κ2) is 11.0. The molecule has 1 aliphatic rings. The SMILES string of the molecule is COc1ccc(N(CC(=O)NCc2ccc(CN3CCOCC3)cc2)S(C)(=O)=O)cc1Cl. The van der Waals surface area contributed by atoms with Crippen molar-refractivity contribution >= 4 is 33.2 Å². The van der Waals surface area contributed by atoms with E-state index in [4.69, 9.17) is 21.1 Å². The van der Waals surface area contributed by atoms with E-state index in [2.05, 4.69) is 10.2 Å². The summed E-state index contributed by atoms with van der Waals surface area (Å²) in [6, 6.07) is 12.6. The van der Waals surface area contributed by atoms with Crippen molar-refractivity contribution in [1.29, 1.82) is 0 Å². The summed E-state index contributed by atoms with van der Waals surface area (Å²) < 4.78 is 36.0. The van der Waals surface area contributed by atoms with E-state index in [1.54, 1.807) is 12.1 Å². The molecular weight excluding hydrogens is 454 g/mol.